The number of hydrogen-bond acceptors (Lipinski definition) is 3. The number of rotatable bonds is 2. The van der Waals surface area contributed by atoms with E-state index >= 15 is 0 Å². The minimum atomic E-state index is -4.51. The molecule has 1 heterocycles. The molecule has 2 aromatic rings. The highest BCUT2D eigenvalue weighted by Gasteiger charge is 2.34. The first kappa shape index (κ1) is 12.3. The number of nitrogens with zero attached hydrogens (tertiary/aromatic N) is 1. The van der Waals surface area contributed by atoms with Crippen molar-refractivity contribution in [3.05, 3.63) is 41.2 Å². The number of aldehydes is 1. The summed E-state index contributed by atoms with van der Waals surface area (Å²) in [6, 6.07) is 4.92. The number of hydrogen-bond donors (Lipinski definition) is 0. The smallest absolute Gasteiger partial charge is 0.360 e. The summed E-state index contributed by atoms with van der Waals surface area (Å²) in [6.45, 7) is 1.47. The van der Waals surface area contributed by atoms with Gasteiger partial charge in [-0.1, -0.05) is 23.4 Å². The maximum absolute atomic E-state index is 12.8. The lowest BCUT2D eigenvalue weighted by Gasteiger charge is -2.10. The minimum absolute atomic E-state index is 0.0340. The molecule has 0 unspecified atom stereocenters. The van der Waals surface area contributed by atoms with Crippen molar-refractivity contribution < 1.29 is 22.5 Å². The van der Waals surface area contributed by atoms with E-state index in [-0.39, 0.29) is 22.6 Å². The number of carbonyl (C=O) groups excluding carboxylic acids is 1. The molecule has 0 saturated carbocycles. The van der Waals surface area contributed by atoms with E-state index in [1.807, 2.05) is 0 Å². The molecule has 18 heavy (non-hydrogen) atoms. The van der Waals surface area contributed by atoms with Crippen LogP contribution in [0.5, 0.6) is 0 Å². The molecule has 94 valence electrons. The van der Waals surface area contributed by atoms with E-state index in [1.54, 1.807) is 0 Å². The van der Waals surface area contributed by atoms with Gasteiger partial charge in [0.15, 0.2) is 6.29 Å². The van der Waals surface area contributed by atoms with Crippen LogP contribution in [0.2, 0.25) is 0 Å². The van der Waals surface area contributed by atoms with Crippen molar-refractivity contribution in [3.63, 3.8) is 0 Å². The summed E-state index contributed by atoms with van der Waals surface area (Å²) in [7, 11) is 0. The van der Waals surface area contributed by atoms with Gasteiger partial charge in [-0.3, -0.25) is 4.79 Å². The van der Waals surface area contributed by atoms with Gasteiger partial charge in [-0.25, -0.2) is 0 Å². The van der Waals surface area contributed by atoms with Crippen molar-refractivity contribution in [2.75, 3.05) is 0 Å². The number of benzene rings is 1. The molecule has 0 aliphatic carbocycles. The third-order valence-corrected chi connectivity index (χ3v) is 2.51. The Morgan fingerprint density at radius 3 is 2.56 bits per heavy atom. The van der Waals surface area contributed by atoms with Gasteiger partial charge in [0.25, 0.3) is 0 Å². The zero-order valence-electron chi connectivity index (χ0n) is 9.28. The summed E-state index contributed by atoms with van der Waals surface area (Å²) < 4.78 is 43.2. The molecule has 0 spiro atoms. The second kappa shape index (κ2) is 4.29. The quantitative estimate of drug-likeness (QED) is 0.771. The Hall–Kier alpha value is -2.11. The molecule has 0 aliphatic heterocycles. The van der Waals surface area contributed by atoms with Crippen LogP contribution in [0.15, 0.2) is 28.8 Å². The summed E-state index contributed by atoms with van der Waals surface area (Å²) in [5.41, 5.74) is -1.06. The lowest BCUT2D eigenvalue weighted by atomic mass is 10.0. The molecule has 6 heteroatoms. The Bertz CT molecular complexity index is 587. The van der Waals surface area contributed by atoms with E-state index in [4.69, 9.17) is 4.52 Å². The fourth-order valence-corrected chi connectivity index (χ4v) is 1.65. The number of aryl methyl sites for hydroxylation is 1. The van der Waals surface area contributed by atoms with E-state index in [0.29, 0.717) is 6.29 Å². The van der Waals surface area contributed by atoms with Crippen LogP contribution in [-0.4, -0.2) is 11.4 Å². The molecule has 3 nitrogen and oxygen atoms in total. The fourth-order valence-electron chi connectivity index (χ4n) is 1.65. The molecule has 0 saturated heterocycles. The molecular weight excluding hydrogens is 247 g/mol. The second-order valence-corrected chi connectivity index (χ2v) is 3.66. The van der Waals surface area contributed by atoms with Gasteiger partial charge in [-0.2, -0.15) is 13.2 Å². The third-order valence-electron chi connectivity index (χ3n) is 2.51. The predicted molar refractivity (Wildman–Crippen MR) is 57.1 cm³/mol. The number of carbonyl (C=O) groups is 1. The van der Waals surface area contributed by atoms with Crippen molar-refractivity contribution in [1.82, 2.24) is 5.16 Å². The van der Waals surface area contributed by atoms with Crippen molar-refractivity contribution >= 4 is 6.29 Å². The molecule has 0 radical (unpaired) electrons. The van der Waals surface area contributed by atoms with Crippen LogP contribution in [0.1, 0.15) is 21.7 Å². The zero-order chi connectivity index (χ0) is 13.3. The van der Waals surface area contributed by atoms with Crippen molar-refractivity contribution in [2.45, 2.75) is 13.1 Å². The van der Waals surface area contributed by atoms with Crippen LogP contribution in [0.4, 0.5) is 13.2 Å². The van der Waals surface area contributed by atoms with E-state index < -0.39 is 11.7 Å². The topological polar surface area (TPSA) is 43.1 Å². The maximum Gasteiger partial charge on any atom is 0.417 e. The highest BCUT2D eigenvalue weighted by Crippen LogP contribution is 2.37. The standard InChI is InChI=1S/C12H8F3NO2/c1-7-9(6-17)11(16-18-7)8-4-2-3-5-10(8)12(13,14)15/h2-6H,1H3. The number of alkyl halides is 3. The van der Waals surface area contributed by atoms with Crippen LogP contribution >= 0.6 is 0 Å². The number of aromatic nitrogens is 1. The molecule has 0 bridgehead atoms. The van der Waals surface area contributed by atoms with Crippen molar-refractivity contribution in [1.29, 1.82) is 0 Å². The average Bonchev–Trinajstić information content (AvgIpc) is 2.69. The van der Waals surface area contributed by atoms with E-state index in [2.05, 4.69) is 5.16 Å². The van der Waals surface area contributed by atoms with E-state index in [0.717, 1.165) is 6.07 Å². The highest BCUT2D eigenvalue weighted by atomic mass is 19.4. The van der Waals surface area contributed by atoms with Gasteiger partial charge in [0.1, 0.15) is 11.5 Å². The molecule has 0 amide bonds. The predicted octanol–water partition coefficient (Wildman–Crippen LogP) is 3.48. The second-order valence-electron chi connectivity index (χ2n) is 3.66. The van der Waals surface area contributed by atoms with Gasteiger partial charge in [0, 0.05) is 5.56 Å². The fraction of sp³-hybridized carbons (Fsp3) is 0.167. The van der Waals surface area contributed by atoms with Gasteiger partial charge < -0.3 is 4.52 Å². The normalized spacial score (nSPS) is 11.6. The molecule has 0 N–H and O–H groups in total. The Balaban J connectivity index is 2.68. The molecular formula is C12H8F3NO2. The van der Waals surface area contributed by atoms with Crippen LogP contribution in [-0.2, 0) is 6.18 Å². The van der Waals surface area contributed by atoms with Crippen LogP contribution in [0.3, 0.4) is 0 Å². The number of halogens is 3. The summed E-state index contributed by atoms with van der Waals surface area (Å²) >= 11 is 0. The van der Waals surface area contributed by atoms with Gasteiger partial charge >= 0.3 is 6.18 Å². The average molecular weight is 255 g/mol. The first-order valence-electron chi connectivity index (χ1n) is 5.03. The van der Waals surface area contributed by atoms with Gasteiger partial charge in [-0.15, -0.1) is 0 Å². The van der Waals surface area contributed by atoms with Crippen molar-refractivity contribution in [3.8, 4) is 11.3 Å². The summed E-state index contributed by atoms with van der Waals surface area (Å²) in [5.74, 6) is 0.192. The maximum atomic E-state index is 12.8. The van der Waals surface area contributed by atoms with Crippen molar-refractivity contribution in [2.24, 2.45) is 0 Å². The van der Waals surface area contributed by atoms with Crippen LogP contribution in [0, 0.1) is 6.92 Å². The summed E-state index contributed by atoms with van der Waals surface area (Å²) in [5, 5.41) is 3.52. The first-order valence-corrected chi connectivity index (χ1v) is 5.03. The summed E-state index contributed by atoms with van der Waals surface area (Å²) in [4.78, 5) is 10.9. The Kier molecular flexibility index (Phi) is 2.94. The minimum Gasteiger partial charge on any atom is -0.360 e. The molecule has 1 aromatic carbocycles. The summed E-state index contributed by atoms with van der Waals surface area (Å²) in [6.07, 6.45) is -4.07. The van der Waals surface area contributed by atoms with Gasteiger partial charge in [0.2, 0.25) is 0 Å². The molecule has 0 aliphatic rings. The van der Waals surface area contributed by atoms with E-state index in [1.165, 1.54) is 25.1 Å². The molecule has 1 aromatic heterocycles. The van der Waals surface area contributed by atoms with E-state index in [9.17, 15) is 18.0 Å². The SMILES string of the molecule is Cc1onc(-c2ccccc2C(F)(F)F)c1C=O. The zero-order valence-corrected chi connectivity index (χ0v) is 9.28. The lowest BCUT2D eigenvalue weighted by Crippen LogP contribution is -2.07. The third kappa shape index (κ3) is 2.01. The Morgan fingerprint density at radius 2 is 1.94 bits per heavy atom. The van der Waals surface area contributed by atoms with Crippen LogP contribution < -0.4 is 0 Å². The lowest BCUT2D eigenvalue weighted by molar-refractivity contribution is -0.137. The largest absolute Gasteiger partial charge is 0.417 e. The van der Waals surface area contributed by atoms with Gasteiger partial charge in [0.05, 0.1) is 11.1 Å². The first-order chi connectivity index (χ1) is 8.45. The molecule has 0 atom stereocenters. The van der Waals surface area contributed by atoms with Gasteiger partial charge in [-0.05, 0) is 13.0 Å². The highest BCUT2D eigenvalue weighted by molar-refractivity contribution is 5.87. The monoisotopic (exact) mass is 255 g/mol. The Labute approximate surface area is 100 Å². The Morgan fingerprint density at radius 1 is 1.28 bits per heavy atom. The molecule has 0 fully saturated rings. The molecule has 2 rings (SSSR count). The van der Waals surface area contributed by atoms with Crippen LogP contribution in [0.25, 0.3) is 11.3 Å².